The smallest absolute Gasteiger partial charge is 0.255 e. The van der Waals surface area contributed by atoms with E-state index in [0.29, 0.717) is 29.2 Å². The molecule has 3 aliphatic carbocycles. The third-order valence-electron chi connectivity index (χ3n) is 8.60. The van der Waals surface area contributed by atoms with Gasteiger partial charge in [0.25, 0.3) is 5.91 Å². The van der Waals surface area contributed by atoms with Crippen LogP contribution in [0.4, 0.5) is 5.69 Å². The quantitative estimate of drug-likeness (QED) is 0.283. The van der Waals surface area contributed by atoms with Gasteiger partial charge in [0.1, 0.15) is 34.4 Å². The van der Waals surface area contributed by atoms with E-state index in [1.807, 2.05) is 6.92 Å². The molecule has 0 saturated heterocycles. The molecule has 3 aliphatic rings. The van der Waals surface area contributed by atoms with Crippen LogP contribution in [0.5, 0.6) is 5.75 Å². The van der Waals surface area contributed by atoms with Crippen molar-refractivity contribution in [1.29, 1.82) is 0 Å². The summed E-state index contributed by atoms with van der Waals surface area (Å²) in [5.41, 5.74) is 7.62. The van der Waals surface area contributed by atoms with Crippen molar-refractivity contribution in [2.45, 2.75) is 43.4 Å². The maximum absolute atomic E-state index is 14.2. The van der Waals surface area contributed by atoms with Gasteiger partial charge in [0.2, 0.25) is 5.78 Å². The van der Waals surface area contributed by atoms with Crippen molar-refractivity contribution < 1.29 is 39.2 Å². The molecule has 4 atom stereocenters. The lowest BCUT2D eigenvalue weighted by Gasteiger charge is -2.53. The van der Waals surface area contributed by atoms with Crippen molar-refractivity contribution >= 4 is 23.2 Å². The van der Waals surface area contributed by atoms with Gasteiger partial charge in [-0.2, -0.15) is 0 Å². The third kappa shape index (κ3) is 3.74. The second kappa shape index (κ2) is 9.20. The Bertz CT molecular complexity index is 1580. The lowest BCUT2D eigenvalue weighted by molar-refractivity contribution is -0.148. The first kappa shape index (κ1) is 28.4. The summed E-state index contributed by atoms with van der Waals surface area (Å²) in [6.07, 6.45) is 0.327. The number of nitrogens with two attached hydrogens (primary N) is 2. The zero-order chi connectivity index (χ0) is 30.3. The number of anilines is 1. The maximum atomic E-state index is 14.2. The Balaban J connectivity index is 1.79. The fourth-order valence-electron chi connectivity index (χ4n) is 6.70. The Morgan fingerprint density at radius 3 is 2.34 bits per heavy atom. The largest absolute Gasteiger partial charge is 0.510 e. The summed E-state index contributed by atoms with van der Waals surface area (Å²) in [4.78, 5) is 43.2. The highest BCUT2D eigenvalue weighted by Crippen LogP contribution is 2.55. The van der Waals surface area contributed by atoms with Crippen molar-refractivity contribution in [3.05, 3.63) is 57.8 Å². The predicted octanol–water partition coefficient (Wildman–Crippen LogP) is 1.09. The lowest BCUT2D eigenvalue weighted by atomic mass is 9.56. The standard InChI is InChI=1S/C29H34N4O8/c1-6-12-7-8-17(41-12)13-9-16(32(2)3)14-10-28(31)11-15-21(33(4)5)24(36)19(27(30)39)25(37)29(15,40)26(38)20(28)23(35)18(14)22(13)34/h7-9,15,21,34,36,38,40H,6,10-11,31H2,1-5H3,(H2,30,39)/t15-,21?,28+,29+/m0/s1. The second-order valence-corrected chi connectivity index (χ2v) is 11.5. The zero-order valence-electron chi connectivity index (χ0n) is 23.5. The number of ketones is 2. The first-order valence-corrected chi connectivity index (χ1v) is 13.2. The van der Waals surface area contributed by atoms with E-state index in [9.17, 15) is 34.8 Å². The molecule has 2 aromatic rings. The summed E-state index contributed by atoms with van der Waals surface area (Å²) in [6.45, 7) is 1.91. The number of aryl methyl sites for hydroxylation is 1. The van der Waals surface area contributed by atoms with E-state index < -0.39 is 69.0 Å². The molecule has 0 aliphatic heterocycles. The van der Waals surface area contributed by atoms with Crippen LogP contribution < -0.4 is 16.4 Å². The number of aliphatic hydroxyl groups excluding tert-OH is 2. The molecule has 0 fully saturated rings. The van der Waals surface area contributed by atoms with Gasteiger partial charge >= 0.3 is 0 Å². The van der Waals surface area contributed by atoms with Gasteiger partial charge in [0.05, 0.1) is 28.3 Å². The normalized spacial score (nSPS) is 27.6. The average molecular weight is 567 g/mol. The highest BCUT2D eigenvalue weighted by Gasteiger charge is 2.66. The topological polar surface area (TPSA) is 204 Å². The number of hydrogen-bond donors (Lipinski definition) is 6. The molecule has 218 valence electrons. The van der Waals surface area contributed by atoms with Crippen molar-refractivity contribution in [2.75, 3.05) is 33.1 Å². The zero-order valence-corrected chi connectivity index (χ0v) is 23.5. The summed E-state index contributed by atoms with van der Waals surface area (Å²) in [7, 11) is 6.64. The molecule has 5 rings (SSSR count). The minimum absolute atomic E-state index is 0.0543. The summed E-state index contributed by atoms with van der Waals surface area (Å²) in [5.74, 6) is -5.83. The minimum atomic E-state index is -2.79. The fraction of sp³-hybridized carbons (Fsp3) is 0.414. The highest BCUT2D eigenvalue weighted by molar-refractivity contribution is 6.25. The number of aliphatic hydroxyl groups is 3. The molecular weight excluding hydrogens is 532 g/mol. The van der Waals surface area contributed by atoms with E-state index in [2.05, 4.69) is 0 Å². The summed E-state index contributed by atoms with van der Waals surface area (Å²) in [6, 6.07) is 3.99. The number of carbonyl (C=O) groups is 3. The van der Waals surface area contributed by atoms with Gasteiger partial charge in [-0.1, -0.05) is 6.92 Å². The molecule has 0 radical (unpaired) electrons. The Morgan fingerprint density at radius 2 is 1.80 bits per heavy atom. The second-order valence-electron chi connectivity index (χ2n) is 11.5. The number of amides is 1. The van der Waals surface area contributed by atoms with Crippen molar-refractivity contribution in [2.24, 2.45) is 17.4 Å². The SMILES string of the molecule is CCc1ccc(-c2cc(N(C)C)c3c(c2O)C(=O)C2=C(O)[C@]4(O)C(=O)C(C(N)=O)=C(O)C(N(C)C)[C@@H]4C[C@]2(N)C3)o1. The number of furan rings is 1. The predicted molar refractivity (Wildman–Crippen MR) is 149 cm³/mol. The lowest BCUT2D eigenvalue weighted by Crippen LogP contribution is -2.68. The number of likely N-dealkylation sites (N-methyl/N-ethyl adjacent to an activating group) is 1. The van der Waals surface area contributed by atoms with Gasteiger partial charge in [-0.3, -0.25) is 19.3 Å². The number of rotatable bonds is 5. The van der Waals surface area contributed by atoms with Gasteiger partial charge in [-0.05, 0) is 50.7 Å². The number of benzene rings is 1. The van der Waals surface area contributed by atoms with E-state index in [1.54, 1.807) is 51.3 Å². The summed E-state index contributed by atoms with van der Waals surface area (Å²) in [5, 5.41) is 45.8. The number of hydrogen-bond acceptors (Lipinski definition) is 11. The average Bonchev–Trinajstić information content (AvgIpc) is 3.34. The molecule has 1 unspecified atom stereocenters. The molecule has 41 heavy (non-hydrogen) atoms. The maximum Gasteiger partial charge on any atom is 0.255 e. The van der Waals surface area contributed by atoms with Crippen molar-refractivity contribution in [1.82, 2.24) is 4.90 Å². The minimum Gasteiger partial charge on any atom is -0.510 e. The Kier molecular flexibility index (Phi) is 6.37. The number of carbonyl (C=O) groups excluding carboxylic acids is 3. The van der Waals surface area contributed by atoms with Crippen LogP contribution in [-0.4, -0.2) is 88.2 Å². The molecule has 1 heterocycles. The summed E-state index contributed by atoms with van der Waals surface area (Å²) < 4.78 is 5.85. The number of primary amides is 1. The first-order valence-electron chi connectivity index (χ1n) is 13.2. The molecule has 12 nitrogen and oxygen atoms in total. The fourth-order valence-corrected chi connectivity index (χ4v) is 6.70. The van der Waals surface area contributed by atoms with E-state index in [4.69, 9.17) is 15.9 Å². The molecule has 1 aromatic carbocycles. The van der Waals surface area contributed by atoms with Crippen LogP contribution in [-0.2, 0) is 22.4 Å². The van der Waals surface area contributed by atoms with Crippen LogP contribution in [0.15, 0.2) is 45.3 Å². The number of phenolic OH excluding ortho intramolecular Hbond substituents is 1. The molecule has 1 amide bonds. The van der Waals surface area contributed by atoms with Crippen LogP contribution in [0.1, 0.15) is 35.0 Å². The Labute approximate surface area is 236 Å². The molecule has 8 N–H and O–H groups in total. The third-order valence-corrected chi connectivity index (χ3v) is 8.60. The monoisotopic (exact) mass is 566 g/mol. The van der Waals surface area contributed by atoms with Gasteiger partial charge in [0, 0.05) is 32.1 Å². The molecular formula is C29H34N4O8. The van der Waals surface area contributed by atoms with Crippen molar-refractivity contribution in [3.63, 3.8) is 0 Å². The number of aromatic hydroxyl groups is 1. The first-order chi connectivity index (χ1) is 19.1. The number of Topliss-reactive ketones (excluding diaryl/α,β-unsaturated/α-hetero) is 2. The van der Waals surface area contributed by atoms with Gasteiger partial charge < -0.3 is 41.2 Å². The summed E-state index contributed by atoms with van der Waals surface area (Å²) >= 11 is 0. The molecule has 12 heteroatoms. The number of nitrogens with zero attached hydrogens (tertiary/aromatic N) is 2. The van der Waals surface area contributed by atoms with E-state index in [0.717, 1.165) is 0 Å². The van der Waals surface area contributed by atoms with Crippen LogP contribution in [0, 0.1) is 5.92 Å². The molecule has 0 saturated carbocycles. The van der Waals surface area contributed by atoms with Gasteiger partial charge in [0.15, 0.2) is 11.4 Å². The molecule has 1 aromatic heterocycles. The molecule has 0 bridgehead atoms. The van der Waals surface area contributed by atoms with Gasteiger partial charge in [-0.25, -0.2) is 0 Å². The van der Waals surface area contributed by atoms with Crippen LogP contribution >= 0.6 is 0 Å². The number of fused-ring (bicyclic) bond motifs is 3. The van der Waals surface area contributed by atoms with E-state index in [-0.39, 0.29) is 24.0 Å². The Morgan fingerprint density at radius 1 is 1.15 bits per heavy atom. The van der Waals surface area contributed by atoms with Crippen LogP contribution in [0.2, 0.25) is 0 Å². The Hall–Kier alpha value is -4.13. The van der Waals surface area contributed by atoms with Crippen molar-refractivity contribution in [3.8, 4) is 17.1 Å². The van der Waals surface area contributed by atoms with E-state index in [1.165, 1.54) is 4.90 Å². The van der Waals surface area contributed by atoms with E-state index >= 15 is 0 Å². The van der Waals surface area contributed by atoms with Crippen LogP contribution in [0.3, 0.4) is 0 Å². The number of phenols is 1. The highest BCUT2D eigenvalue weighted by atomic mass is 16.4. The van der Waals surface area contributed by atoms with Gasteiger partial charge in [-0.15, -0.1) is 0 Å². The molecule has 0 spiro atoms. The van der Waals surface area contributed by atoms with Crippen LogP contribution in [0.25, 0.3) is 11.3 Å².